The van der Waals surface area contributed by atoms with Crippen LogP contribution in [0.2, 0.25) is 0 Å². The Morgan fingerprint density at radius 1 is 0.433 bits per heavy atom. The summed E-state index contributed by atoms with van der Waals surface area (Å²) in [4.78, 5) is 24.3. The summed E-state index contributed by atoms with van der Waals surface area (Å²) >= 11 is 0. The van der Waals surface area contributed by atoms with E-state index in [0.717, 1.165) is 0 Å². The molecule has 4 nitrogen and oxygen atoms in total. The number of rotatable bonds is 2. The van der Waals surface area contributed by atoms with Crippen molar-refractivity contribution in [1.29, 1.82) is 0 Å². The number of hydrogen-bond acceptors (Lipinski definition) is 2. The van der Waals surface area contributed by atoms with Crippen molar-refractivity contribution < 1.29 is 53.5 Å². The molecule has 162 valence electrons. The summed E-state index contributed by atoms with van der Waals surface area (Å²) in [7, 11) is 0.981. The van der Waals surface area contributed by atoms with Gasteiger partial charge in [-0.1, -0.05) is 0 Å². The summed E-state index contributed by atoms with van der Waals surface area (Å²) in [5, 5.41) is -0.336. The van der Waals surface area contributed by atoms with Gasteiger partial charge in [0.1, 0.15) is 11.1 Å². The lowest BCUT2D eigenvalue weighted by molar-refractivity contribution is 0.0170. The number of nitrogens with zero attached hydrogens (tertiary/aromatic N) is 2. The van der Waals surface area contributed by atoms with Gasteiger partial charge in [0.25, 0.3) is 11.8 Å². The van der Waals surface area contributed by atoms with Gasteiger partial charge in [-0.25, -0.2) is 43.9 Å². The number of hydrazine groups is 1. The molecule has 0 fully saturated rings. The summed E-state index contributed by atoms with van der Waals surface area (Å²) in [6, 6.07) is 0. The van der Waals surface area contributed by atoms with Gasteiger partial charge < -0.3 is 0 Å². The standard InChI is InChI=1S/C16H6F10N2O2/c1-27(15(29)3-5(17)9(21)13(25)10(22)6(3)18)28(2)16(30)4-7(19)11(23)14(26)12(24)8(4)20/h1-2H3. The highest BCUT2D eigenvalue weighted by Crippen LogP contribution is 2.26. The van der Waals surface area contributed by atoms with Gasteiger partial charge in [-0.2, -0.15) is 0 Å². The van der Waals surface area contributed by atoms with Crippen LogP contribution in [0.25, 0.3) is 0 Å². The first-order valence-corrected chi connectivity index (χ1v) is 7.34. The molecule has 0 heterocycles. The topological polar surface area (TPSA) is 40.6 Å². The van der Waals surface area contributed by atoms with Gasteiger partial charge in [0, 0.05) is 14.1 Å². The molecule has 2 amide bonds. The summed E-state index contributed by atoms with van der Waals surface area (Å²) in [6.45, 7) is 0. The minimum absolute atomic E-state index is 0.168. The van der Waals surface area contributed by atoms with Crippen LogP contribution < -0.4 is 0 Å². The minimum atomic E-state index is -2.59. The predicted molar refractivity (Wildman–Crippen MR) is 76.7 cm³/mol. The van der Waals surface area contributed by atoms with E-state index in [9.17, 15) is 53.5 Å². The van der Waals surface area contributed by atoms with Crippen LogP contribution in [0.4, 0.5) is 43.9 Å². The van der Waals surface area contributed by atoms with Crippen molar-refractivity contribution in [2.24, 2.45) is 0 Å². The van der Waals surface area contributed by atoms with Gasteiger partial charge in [-0.05, 0) is 0 Å². The maximum atomic E-state index is 13.7. The molecule has 0 bridgehead atoms. The Bertz CT molecular complexity index is 945. The Labute approximate surface area is 159 Å². The zero-order valence-electron chi connectivity index (χ0n) is 14.5. The lowest BCUT2D eigenvalue weighted by atomic mass is 10.1. The van der Waals surface area contributed by atoms with Crippen molar-refractivity contribution in [3.63, 3.8) is 0 Å². The van der Waals surface area contributed by atoms with Crippen molar-refractivity contribution in [3.05, 3.63) is 69.3 Å². The van der Waals surface area contributed by atoms with Crippen molar-refractivity contribution in [3.8, 4) is 0 Å². The Morgan fingerprint density at radius 2 is 0.600 bits per heavy atom. The molecule has 0 atom stereocenters. The molecule has 2 aromatic rings. The van der Waals surface area contributed by atoms with Crippen LogP contribution in [0.15, 0.2) is 0 Å². The molecule has 0 aromatic heterocycles. The number of carbonyl (C=O) groups excluding carboxylic acids is 2. The maximum Gasteiger partial charge on any atom is 0.278 e. The zero-order valence-corrected chi connectivity index (χ0v) is 14.5. The van der Waals surface area contributed by atoms with Gasteiger partial charge in [-0.3, -0.25) is 19.6 Å². The first-order valence-electron chi connectivity index (χ1n) is 7.34. The molecule has 2 rings (SSSR count). The number of amides is 2. The van der Waals surface area contributed by atoms with Crippen molar-refractivity contribution in [1.82, 2.24) is 10.0 Å². The molecular weight excluding hydrogens is 442 g/mol. The lowest BCUT2D eigenvalue weighted by Gasteiger charge is -2.29. The molecule has 2 aromatic carbocycles. The van der Waals surface area contributed by atoms with E-state index in [1.54, 1.807) is 0 Å². The molecule has 0 saturated heterocycles. The van der Waals surface area contributed by atoms with E-state index in [4.69, 9.17) is 0 Å². The summed E-state index contributed by atoms with van der Waals surface area (Å²) in [5.74, 6) is -29.6. The smallest absolute Gasteiger partial charge is 0.267 e. The lowest BCUT2D eigenvalue weighted by Crippen LogP contribution is -2.46. The van der Waals surface area contributed by atoms with E-state index >= 15 is 0 Å². The monoisotopic (exact) mass is 448 g/mol. The quantitative estimate of drug-likeness (QED) is 0.303. The van der Waals surface area contributed by atoms with Gasteiger partial charge in [0.05, 0.1) is 0 Å². The highest BCUT2D eigenvalue weighted by Gasteiger charge is 2.36. The Morgan fingerprint density at radius 3 is 0.800 bits per heavy atom. The molecule has 14 heteroatoms. The Hall–Kier alpha value is -3.32. The first-order chi connectivity index (χ1) is 13.7. The third kappa shape index (κ3) is 3.31. The van der Waals surface area contributed by atoms with E-state index in [1.807, 2.05) is 0 Å². The number of carbonyl (C=O) groups is 2. The largest absolute Gasteiger partial charge is 0.278 e. The highest BCUT2D eigenvalue weighted by atomic mass is 19.2. The van der Waals surface area contributed by atoms with E-state index < -0.39 is 81.1 Å². The molecule has 0 aliphatic rings. The van der Waals surface area contributed by atoms with Crippen LogP contribution >= 0.6 is 0 Å². The molecule has 0 spiro atoms. The van der Waals surface area contributed by atoms with Crippen molar-refractivity contribution in [2.45, 2.75) is 0 Å². The van der Waals surface area contributed by atoms with Crippen LogP contribution in [-0.4, -0.2) is 35.9 Å². The molecule has 0 aliphatic carbocycles. The third-order valence-corrected chi connectivity index (χ3v) is 3.89. The summed E-state index contributed by atoms with van der Waals surface area (Å²) < 4.78 is 134. The maximum absolute atomic E-state index is 13.7. The van der Waals surface area contributed by atoms with E-state index in [-0.39, 0.29) is 10.0 Å². The molecule has 0 saturated carbocycles. The number of halogens is 10. The molecule has 30 heavy (non-hydrogen) atoms. The van der Waals surface area contributed by atoms with Gasteiger partial charge in [-0.15, -0.1) is 0 Å². The summed E-state index contributed by atoms with van der Waals surface area (Å²) in [5.41, 5.74) is -4.07. The van der Waals surface area contributed by atoms with Crippen LogP contribution in [0.5, 0.6) is 0 Å². The summed E-state index contributed by atoms with van der Waals surface area (Å²) in [6.07, 6.45) is 0. The van der Waals surface area contributed by atoms with Crippen molar-refractivity contribution in [2.75, 3.05) is 14.1 Å². The van der Waals surface area contributed by atoms with E-state index in [1.165, 1.54) is 0 Å². The average molecular weight is 448 g/mol. The van der Waals surface area contributed by atoms with Crippen LogP contribution in [0.1, 0.15) is 20.7 Å². The number of hydrogen-bond donors (Lipinski definition) is 0. The molecule has 0 unspecified atom stereocenters. The SMILES string of the molecule is CN(C(=O)c1c(F)c(F)c(F)c(F)c1F)N(C)C(=O)c1c(F)c(F)c(F)c(F)c1F. The second kappa shape index (κ2) is 7.84. The minimum Gasteiger partial charge on any atom is -0.267 e. The van der Waals surface area contributed by atoms with Gasteiger partial charge in [0.15, 0.2) is 46.5 Å². The second-order valence-corrected chi connectivity index (χ2v) is 5.55. The van der Waals surface area contributed by atoms with E-state index in [0.29, 0.717) is 14.1 Å². The van der Waals surface area contributed by atoms with Crippen LogP contribution in [-0.2, 0) is 0 Å². The zero-order chi connectivity index (χ0) is 23.2. The van der Waals surface area contributed by atoms with Gasteiger partial charge in [0.2, 0.25) is 11.6 Å². The molecular formula is C16H6F10N2O2. The Kier molecular flexibility index (Phi) is 6.00. The fraction of sp³-hybridized carbons (Fsp3) is 0.125. The fourth-order valence-corrected chi connectivity index (χ4v) is 2.18. The normalized spacial score (nSPS) is 10.9. The van der Waals surface area contributed by atoms with Crippen LogP contribution in [0.3, 0.4) is 0 Å². The first kappa shape index (κ1) is 23.0. The molecule has 0 radical (unpaired) electrons. The van der Waals surface area contributed by atoms with Gasteiger partial charge >= 0.3 is 0 Å². The average Bonchev–Trinajstić information content (AvgIpc) is 2.72. The third-order valence-electron chi connectivity index (χ3n) is 3.89. The second-order valence-electron chi connectivity index (χ2n) is 5.55. The van der Waals surface area contributed by atoms with Crippen molar-refractivity contribution >= 4 is 11.8 Å². The number of benzene rings is 2. The predicted octanol–water partition coefficient (Wildman–Crippen LogP) is 3.84. The molecule has 0 N–H and O–H groups in total. The van der Waals surface area contributed by atoms with E-state index in [2.05, 4.69) is 0 Å². The fourth-order valence-electron chi connectivity index (χ4n) is 2.18. The van der Waals surface area contributed by atoms with Crippen LogP contribution in [0, 0.1) is 58.2 Å². The molecule has 0 aliphatic heterocycles. The Balaban J connectivity index is 2.53. The highest BCUT2D eigenvalue weighted by molar-refractivity contribution is 5.99.